The van der Waals surface area contributed by atoms with Crippen LogP contribution in [0.1, 0.15) is 5.69 Å². The molecule has 0 saturated carbocycles. The van der Waals surface area contributed by atoms with Gasteiger partial charge in [-0.05, 0) is 17.7 Å². The maximum atomic E-state index is 11.3. The Hall–Kier alpha value is -2.80. The molecule has 2 heterocycles. The lowest BCUT2D eigenvalue weighted by atomic mass is 10.2. The van der Waals surface area contributed by atoms with Gasteiger partial charge in [0.2, 0.25) is 0 Å². The van der Waals surface area contributed by atoms with E-state index in [1.54, 1.807) is 24.0 Å². The summed E-state index contributed by atoms with van der Waals surface area (Å²) in [5.41, 5.74) is 2.75. The molecule has 2 aromatic heterocycles. The van der Waals surface area contributed by atoms with Crippen LogP contribution in [0, 0.1) is 10.1 Å². The van der Waals surface area contributed by atoms with Crippen LogP contribution in [-0.4, -0.2) is 27.2 Å². The highest BCUT2D eigenvalue weighted by atomic mass is 32.2. The van der Waals surface area contributed by atoms with Gasteiger partial charge in [0.05, 0.1) is 16.3 Å². The second kappa shape index (κ2) is 8.34. The average molecular weight is 354 g/mol. The molecule has 0 aliphatic carbocycles. The van der Waals surface area contributed by atoms with Crippen LogP contribution in [0.25, 0.3) is 11.3 Å². The number of nitro groups is 1. The molecular formula is C18H18N4O2S. The summed E-state index contributed by atoms with van der Waals surface area (Å²) >= 11 is 1.73. The van der Waals surface area contributed by atoms with Crippen LogP contribution in [0.5, 0.6) is 0 Å². The summed E-state index contributed by atoms with van der Waals surface area (Å²) in [6.45, 7) is 0.632. The average Bonchev–Trinajstić information content (AvgIpc) is 3.08. The van der Waals surface area contributed by atoms with E-state index >= 15 is 0 Å². The third-order valence-electron chi connectivity index (χ3n) is 3.60. The molecule has 0 aliphatic heterocycles. The summed E-state index contributed by atoms with van der Waals surface area (Å²) in [5, 5.41) is 14.4. The number of anilines is 1. The van der Waals surface area contributed by atoms with Gasteiger partial charge >= 0.3 is 5.69 Å². The number of aromatic nitrogens is 2. The quantitative estimate of drug-likeness (QED) is 0.357. The highest BCUT2D eigenvalue weighted by molar-refractivity contribution is 7.98. The lowest BCUT2D eigenvalue weighted by Gasteiger charge is -2.04. The first-order valence-electron chi connectivity index (χ1n) is 7.88. The number of nitrogens with one attached hydrogen (secondary N) is 2. The summed E-state index contributed by atoms with van der Waals surface area (Å²) in [4.78, 5) is 18.3. The zero-order valence-electron chi connectivity index (χ0n) is 13.5. The van der Waals surface area contributed by atoms with Gasteiger partial charge in [0.1, 0.15) is 0 Å². The summed E-state index contributed by atoms with van der Waals surface area (Å²) in [7, 11) is 0. The van der Waals surface area contributed by atoms with Gasteiger partial charge < -0.3 is 10.3 Å². The van der Waals surface area contributed by atoms with Crippen molar-refractivity contribution in [3.8, 4) is 11.3 Å². The molecule has 128 valence electrons. The largest absolute Gasteiger partial charge is 0.365 e. The molecule has 3 rings (SSSR count). The fourth-order valence-electron chi connectivity index (χ4n) is 2.40. The Morgan fingerprint density at radius 2 is 1.96 bits per heavy atom. The number of pyridine rings is 1. The number of hydrogen-bond acceptors (Lipinski definition) is 5. The van der Waals surface area contributed by atoms with E-state index in [9.17, 15) is 10.1 Å². The minimum atomic E-state index is -0.369. The van der Waals surface area contributed by atoms with E-state index in [0.29, 0.717) is 12.4 Å². The molecule has 3 aromatic rings. The Kier molecular flexibility index (Phi) is 5.69. The Balaban J connectivity index is 1.58. The van der Waals surface area contributed by atoms with Crippen molar-refractivity contribution in [1.82, 2.24) is 9.97 Å². The van der Waals surface area contributed by atoms with Crippen molar-refractivity contribution in [1.29, 1.82) is 0 Å². The van der Waals surface area contributed by atoms with Gasteiger partial charge in [-0.1, -0.05) is 36.4 Å². The number of rotatable bonds is 8. The number of benzene rings is 1. The van der Waals surface area contributed by atoms with Crippen molar-refractivity contribution in [3.63, 3.8) is 0 Å². The summed E-state index contributed by atoms with van der Waals surface area (Å²) < 4.78 is 0. The van der Waals surface area contributed by atoms with Crippen molar-refractivity contribution in [2.24, 2.45) is 0 Å². The molecule has 0 fully saturated rings. The smallest absolute Gasteiger partial charge is 0.311 e. The summed E-state index contributed by atoms with van der Waals surface area (Å²) in [6.07, 6.45) is 1.78. The molecule has 0 atom stereocenters. The van der Waals surface area contributed by atoms with Gasteiger partial charge in [-0.3, -0.25) is 15.1 Å². The van der Waals surface area contributed by atoms with Crippen molar-refractivity contribution in [3.05, 3.63) is 76.6 Å². The molecule has 0 unspecified atom stereocenters. The minimum Gasteiger partial charge on any atom is -0.365 e. The van der Waals surface area contributed by atoms with Crippen molar-refractivity contribution in [2.45, 2.75) is 5.75 Å². The molecular weight excluding hydrogens is 336 g/mol. The standard InChI is InChI=1S/C18H18N4O2S/c23-22(24)17-12-16(14-6-2-1-3-7-14)21-18(17)20-10-11-25-13-15-8-4-5-9-19-15/h1-9,12,20-21H,10-11,13H2. The topological polar surface area (TPSA) is 83.8 Å². The van der Waals surface area contributed by atoms with Gasteiger partial charge in [-0.15, -0.1) is 0 Å². The second-order valence-corrected chi connectivity index (χ2v) is 6.47. The monoisotopic (exact) mass is 354 g/mol. The van der Waals surface area contributed by atoms with E-state index in [2.05, 4.69) is 15.3 Å². The van der Waals surface area contributed by atoms with Crippen LogP contribution in [0.15, 0.2) is 60.8 Å². The predicted octanol–water partition coefficient (Wildman–Crippen LogP) is 4.33. The maximum Gasteiger partial charge on any atom is 0.311 e. The van der Waals surface area contributed by atoms with Gasteiger partial charge in [-0.25, -0.2) is 0 Å². The van der Waals surface area contributed by atoms with E-state index in [1.807, 2.05) is 48.5 Å². The number of thioether (sulfide) groups is 1. The Labute approximate surface area is 149 Å². The van der Waals surface area contributed by atoms with Gasteiger partial charge in [-0.2, -0.15) is 11.8 Å². The zero-order valence-corrected chi connectivity index (χ0v) is 14.3. The SMILES string of the molecule is O=[N+]([O-])c1cc(-c2ccccc2)[nH]c1NCCSCc1ccccn1. The van der Waals surface area contributed by atoms with E-state index in [-0.39, 0.29) is 10.6 Å². The van der Waals surface area contributed by atoms with Crippen LogP contribution in [-0.2, 0) is 5.75 Å². The normalized spacial score (nSPS) is 10.6. The third kappa shape index (κ3) is 4.60. The maximum absolute atomic E-state index is 11.3. The molecule has 25 heavy (non-hydrogen) atoms. The zero-order chi connectivity index (χ0) is 17.5. The van der Waals surface area contributed by atoms with Crippen LogP contribution in [0.4, 0.5) is 11.5 Å². The molecule has 0 saturated heterocycles. The van der Waals surface area contributed by atoms with Crippen molar-refractivity contribution >= 4 is 23.3 Å². The fraction of sp³-hybridized carbons (Fsp3) is 0.167. The molecule has 6 nitrogen and oxygen atoms in total. The fourth-order valence-corrected chi connectivity index (χ4v) is 3.17. The van der Waals surface area contributed by atoms with E-state index in [0.717, 1.165) is 28.5 Å². The molecule has 0 amide bonds. The van der Waals surface area contributed by atoms with Crippen LogP contribution >= 0.6 is 11.8 Å². The highest BCUT2D eigenvalue weighted by Gasteiger charge is 2.18. The minimum absolute atomic E-state index is 0.0635. The molecule has 0 aliphatic rings. The first-order valence-corrected chi connectivity index (χ1v) is 9.04. The number of aromatic amines is 1. The Morgan fingerprint density at radius 1 is 1.16 bits per heavy atom. The molecule has 0 spiro atoms. The first kappa shape index (κ1) is 17.0. The summed E-state index contributed by atoms with van der Waals surface area (Å²) in [5.74, 6) is 2.10. The Bertz CT molecular complexity index is 822. The molecule has 0 radical (unpaired) electrons. The van der Waals surface area contributed by atoms with Gasteiger partial charge in [0.25, 0.3) is 0 Å². The molecule has 2 N–H and O–H groups in total. The highest BCUT2D eigenvalue weighted by Crippen LogP contribution is 2.30. The summed E-state index contributed by atoms with van der Waals surface area (Å²) in [6, 6.07) is 17.0. The third-order valence-corrected chi connectivity index (χ3v) is 4.60. The van der Waals surface area contributed by atoms with Crippen LogP contribution in [0.2, 0.25) is 0 Å². The first-order chi connectivity index (χ1) is 12.2. The second-order valence-electron chi connectivity index (χ2n) is 5.37. The Morgan fingerprint density at radius 3 is 2.68 bits per heavy atom. The number of H-pyrrole nitrogens is 1. The number of hydrogen-bond donors (Lipinski definition) is 2. The van der Waals surface area contributed by atoms with E-state index in [4.69, 9.17) is 0 Å². The number of nitrogens with zero attached hydrogens (tertiary/aromatic N) is 2. The van der Waals surface area contributed by atoms with E-state index < -0.39 is 0 Å². The van der Waals surface area contributed by atoms with Crippen LogP contribution < -0.4 is 5.32 Å². The van der Waals surface area contributed by atoms with Gasteiger partial charge in [0, 0.05) is 30.3 Å². The van der Waals surface area contributed by atoms with Crippen molar-refractivity contribution < 1.29 is 4.92 Å². The van der Waals surface area contributed by atoms with Gasteiger partial charge in [0.15, 0.2) is 5.82 Å². The van der Waals surface area contributed by atoms with Crippen molar-refractivity contribution in [2.75, 3.05) is 17.6 Å². The lowest BCUT2D eigenvalue weighted by molar-refractivity contribution is -0.383. The molecule has 7 heteroatoms. The van der Waals surface area contributed by atoms with Crippen LogP contribution in [0.3, 0.4) is 0 Å². The predicted molar refractivity (Wildman–Crippen MR) is 102 cm³/mol. The van der Waals surface area contributed by atoms with E-state index in [1.165, 1.54) is 0 Å². The molecule has 0 bridgehead atoms. The lowest BCUT2D eigenvalue weighted by Crippen LogP contribution is -2.06. The molecule has 1 aromatic carbocycles.